The van der Waals surface area contributed by atoms with Crippen molar-refractivity contribution in [2.75, 3.05) is 0 Å². The summed E-state index contributed by atoms with van der Waals surface area (Å²) < 4.78 is 5.86. The van der Waals surface area contributed by atoms with Crippen LogP contribution in [0.2, 0.25) is 0 Å². The maximum Gasteiger partial charge on any atom is 0.150 e. The molecule has 1 N–H and O–H groups in total. The van der Waals surface area contributed by atoms with E-state index in [9.17, 15) is 0 Å². The van der Waals surface area contributed by atoms with Crippen molar-refractivity contribution < 1.29 is 4.74 Å². The maximum atomic E-state index is 5.86. The van der Waals surface area contributed by atoms with Gasteiger partial charge in [-0.3, -0.25) is 9.97 Å². The Bertz CT molecular complexity index is 559. The molecule has 2 aromatic heterocycles. The molecule has 106 valence electrons. The molecule has 0 atom stereocenters. The van der Waals surface area contributed by atoms with Crippen LogP contribution in [-0.2, 0) is 6.54 Å². The van der Waals surface area contributed by atoms with E-state index in [1.165, 1.54) is 0 Å². The van der Waals surface area contributed by atoms with Gasteiger partial charge in [0.2, 0.25) is 0 Å². The zero-order valence-electron chi connectivity index (χ0n) is 12.5. The van der Waals surface area contributed by atoms with Gasteiger partial charge in [0.1, 0.15) is 11.5 Å². The van der Waals surface area contributed by atoms with Crippen LogP contribution in [0.4, 0.5) is 0 Å². The summed E-state index contributed by atoms with van der Waals surface area (Å²) in [6.07, 6.45) is 5.24. The Morgan fingerprint density at radius 1 is 1.15 bits per heavy atom. The zero-order chi connectivity index (χ0) is 14.6. The average Bonchev–Trinajstić information content (AvgIpc) is 2.39. The van der Waals surface area contributed by atoms with Crippen LogP contribution in [0.5, 0.6) is 11.5 Å². The molecular formula is C16H21N3O. The normalized spacial score (nSPS) is 11.4. The fourth-order valence-electron chi connectivity index (χ4n) is 1.65. The van der Waals surface area contributed by atoms with Gasteiger partial charge in [0.05, 0.1) is 12.4 Å². The SMILES string of the molecule is Cc1ccc(Oc2cnccc2CNC(C)(C)C)cn1. The third-order valence-electron chi connectivity index (χ3n) is 2.79. The lowest BCUT2D eigenvalue weighted by Crippen LogP contribution is -2.35. The summed E-state index contributed by atoms with van der Waals surface area (Å²) in [6, 6.07) is 5.81. The molecule has 0 bridgehead atoms. The average molecular weight is 271 g/mol. The number of nitrogens with one attached hydrogen (secondary N) is 1. The van der Waals surface area contributed by atoms with Gasteiger partial charge in [-0.25, -0.2) is 0 Å². The molecule has 0 aliphatic rings. The molecule has 20 heavy (non-hydrogen) atoms. The standard InChI is InChI=1S/C16H21N3O/c1-12-5-6-14(10-18-12)20-15-11-17-8-7-13(15)9-19-16(2,3)4/h5-8,10-11,19H,9H2,1-4H3. The Morgan fingerprint density at radius 3 is 2.60 bits per heavy atom. The number of hydrogen-bond donors (Lipinski definition) is 1. The zero-order valence-corrected chi connectivity index (χ0v) is 12.5. The Labute approximate surface area is 120 Å². The van der Waals surface area contributed by atoms with E-state index in [1.807, 2.05) is 25.1 Å². The Balaban J connectivity index is 2.13. The number of aromatic nitrogens is 2. The van der Waals surface area contributed by atoms with Crippen LogP contribution in [0.15, 0.2) is 36.8 Å². The van der Waals surface area contributed by atoms with Gasteiger partial charge in [0.25, 0.3) is 0 Å². The van der Waals surface area contributed by atoms with Crippen LogP contribution in [0.25, 0.3) is 0 Å². The van der Waals surface area contributed by atoms with E-state index in [2.05, 4.69) is 36.1 Å². The van der Waals surface area contributed by atoms with Crippen LogP contribution in [0, 0.1) is 6.92 Å². The molecule has 0 aliphatic carbocycles. The van der Waals surface area contributed by atoms with Crippen molar-refractivity contribution in [1.29, 1.82) is 0 Å². The fraction of sp³-hybridized carbons (Fsp3) is 0.375. The van der Waals surface area contributed by atoms with Crippen molar-refractivity contribution >= 4 is 0 Å². The van der Waals surface area contributed by atoms with Crippen LogP contribution in [0.3, 0.4) is 0 Å². The van der Waals surface area contributed by atoms with Crippen molar-refractivity contribution in [2.45, 2.75) is 39.8 Å². The summed E-state index contributed by atoms with van der Waals surface area (Å²) in [5, 5.41) is 3.45. The minimum Gasteiger partial charge on any atom is -0.454 e. The number of rotatable bonds is 4. The quantitative estimate of drug-likeness (QED) is 0.925. The van der Waals surface area contributed by atoms with E-state index in [4.69, 9.17) is 4.74 Å². The molecule has 0 aliphatic heterocycles. The van der Waals surface area contributed by atoms with Crippen LogP contribution in [-0.4, -0.2) is 15.5 Å². The van der Waals surface area contributed by atoms with Gasteiger partial charge in [-0.1, -0.05) is 0 Å². The molecule has 0 spiro atoms. The third kappa shape index (κ3) is 4.31. The van der Waals surface area contributed by atoms with Gasteiger partial charge in [-0.15, -0.1) is 0 Å². The first kappa shape index (κ1) is 14.5. The van der Waals surface area contributed by atoms with E-state index in [1.54, 1.807) is 18.6 Å². The van der Waals surface area contributed by atoms with Crippen molar-refractivity contribution in [3.05, 3.63) is 48.0 Å². The lowest BCUT2D eigenvalue weighted by atomic mass is 10.1. The highest BCUT2D eigenvalue weighted by Gasteiger charge is 2.11. The number of hydrogen-bond acceptors (Lipinski definition) is 4. The number of pyridine rings is 2. The predicted molar refractivity (Wildman–Crippen MR) is 79.9 cm³/mol. The van der Waals surface area contributed by atoms with E-state index >= 15 is 0 Å². The molecule has 2 heterocycles. The highest BCUT2D eigenvalue weighted by molar-refractivity contribution is 5.34. The van der Waals surface area contributed by atoms with Crippen LogP contribution in [0.1, 0.15) is 32.0 Å². The highest BCUT2D eigenvalue weighted by atomic mass is 16.5. The summed E-state index contributed by atoms with van der Waals surface area (Å²) in [5.41, 5.74) is 2.11. The lowest BCUT2D eigenvalue weighted by molar-refractivity contribution is 0.413. The van der Waals surface area contributed by atoms with Gasteiger partial charge >= 0.3 is 0 Å². The summed E-state index contributed by atoms with van der Waals surface area (Å²) in [7, 11) is 0. The second-order valence-electron chi connectivity index (χ2n) is 5.82. The molecular weight excluding hydrogens is 250 g/mol. The second kappa shape index (κ2) is 6.01. The lowest BCUT2D eigenvalue weighted by Gasteiger charge is -2.21. The molecule has 2 rings (SSSR count). The van der Waals surface area contributed by atoms with Gasteiger partial charge < -0.3 is 10.1 Å². The Morgan fingerprint density at radius 2 is 1.95 bits per heavy atom. The van der Waals surface area contributed by atoms with E-state index < -0.39 is 0 Å². The molecule has 4 heteroatoms. The highest BCUT2D eigenvalue weighted by Crippen LogP contribution is 2.24. The smallest absolute Gasteiger partial charge is 0.150 e. The summed E-state index contributed by atoms with van der Waals surface area (Å²) in [6.45, 7) is 9.10. The van der Waals surface area contributed by atoms with Gasteiger partial charge in [-0.2, -0.15) is 0 Å². The van der Waals surface area contributed by atoms with E-state index in [-0.39, 0.29) is 5.54 Å². The molecule has 0 fully saturated rings. The first-order valence-electron chi connectivity index (χ1n) is 6.72. The molecule has 0 radical (unpaired) electrons. The topological polar surface area (TPSA) is 47.0 Å². The number of ether oxygens (including phenoxy) is 1. The number of aryl methyl sites for hydroxylation is 1. The molecule has 0 aromatic carbocycles. The van der Waals surface area contributed by atoms with Crippen LogP contribution < -0.4 is 10.1 Å². The first-order valence-corrected chi connectivity index (χ1v) is 6.72. The summed E-state index contributed by atoms with van der Waals surface area (Å²) in [5.74, 6) is 1.48. The summed E-state index contributed by atoms with van der Waals surface area (Å²) in [4.78, 5) is 8.36. The molecule has 0 saturated carbocycles. The third-order valence-corrected chi connectivity index (χ3v) is 2.79. The predicted octanol–water partition coefficient (Wildman–Crippen LogP) is 3.47. The van der Waals surface area contributed by atoms with Crippen molar-refractivity contribution in [3.8, 4) is 11.5 Å². The maximum absolute atomic E-state index is 5.86. The molecule has 4 nitrogen and oxygen atoms in total. The number of nitrogens with zero attached hydrogens (tertiary/aromatic N) is 2. The summed E-state index contributed by atoms with van der Waals surface area (Å²) >= 11 is 0. The molecule has 0 amide bonds. The monoisotopic (exact) mass is 271 g/mol. The van der Waals surface area contributed by atoms with Crippen molar-refractivity contribution in [2.24, 2.45) is 0 Å². The van der Waals surface area contributed by atoms with Crippen molar-refractivity contribution in [1.82, 2.24) is 15.3 Å². The minimum atomic E-state index is 0.0615. The van der Waals surface area contributed by atoms with E-state index in [0.717, 1.165) is 29.3 Å². The Kier molecular flexibility index (Phi) is 4.35. The largest absolute Gasteiger partial charge is 0.454 e. The molecule has 0 unspecified atom stereocenters. The van der Waals surface area contributed by atoms with Gasteiger partial charge in [0, 0.05) is 29.5 Å². The Hall–Kier alpha value is -1.94. The first-order chi connectivity index (χ1) is 9.44. The van der Waals surface area contributed by atoms with Gasteiger partial charge in [0.15, 0.2) is 0 Å². The minimum absolute atomic E-state index is 0.0615. The van der Waals surface area contributed by atoms with E-state index in [0.29, 0.717) is 0 Å². The van der Waals surface area contributed by atoms with Crippen LogP contribution >= 0.6 is 0 Å². The fourth-order valence-corrected chi connectivity index (χ4v) is 1.65. The molecule has 0 saturated heterocycles. The van der Waals surface area contributed by atoms with Crippen molar-refractivity contribution in [3.63, 3.8) is 0 Å². The van der Waals surface area contributed by atoms with Gasteiger partial charge in [-0.05, 0) is 45.9 Å². The molecule has 2 aromatic rings. The second-order valence-corrected chi connectivity index (χ2v) is 5.82.